The van der Waals surface area contributed by atoms with Gasteiger partial charge in [-0.05, 0) is 63.4 Å². The minimum atomic E-state index is 0.0185. The first-order chi connectivity index (χ1) is 17.4. The van der Waals surface area contributed by atoms with Crippen LogP contribution in [0, 0.1) is 5.92 Å². The molecule has 2 aliphatic rings. The molecule has 9 heteroatoms. The molecule has 1 aliphatic heterocycles. The van der Waals surface area contributed by atoms with Gasteiger partial charge in [-0.1, -0.05) is 6.42 Å². The van der Waals surface area contributed by atoms with Gasteiger partial charge in [0.1, 0.15) is 0 Å². The molecule has 9 nitrogen and oxygen atoms in total. The number of ether oxygens (including phenoxy) is 2. The summed E-state index contributed by atoms with van der Waals surface area (Å²) in [4.78, 5) is 31.7. The van der Waals surface area contributed by atoms with Crippen LogP contribution in [0.15, 0.2) is 30.3 Å². The lowest BCUT2D eigenvalue weighted by atomic mass is 9.84. The van der Waals surface area contributed by atoms with Gasteiger partial charge in [0, 0.05) is 43.7 Å². The van der Waals surface area contributed by atoms with E-state index in [1.165, 1.54) is 0 Å². The van der Waals surface area contributed by atoms with Crippen LogP contribution in [0.2, 0.25) is 0 Å². The zero-order valence-electron chi connectivity index (χ0n) is 21.8. The van der Waals surface area contributed by atoms with Gasteiger partial charge in [0.2, 0.25) is 11.8 Å². The van der Waals surface area contributed by atoms with Crippen molar-refractivity contribution < 1.29 is 19.1 Å². The van der Waals surface area contributed by atoms with Crippen LogP contribution >= 0.6 is 0 Å². The van der Waals surface area contributed by atoms with Crippen molar-refractivity contribution in [2.75, 3.05) is 51.8 Å². The summed E-state index contributed by atoms with van der Waals surface area (Å²) >= 11 is 0. The standard InChI is InChI=1S/C27H37N5O4/c1-19(2)32(27(34)20-7-5-8-20)18-26(33)31-14-6-13-30(15-16-31)25-12-10-22(28-29-25)21-9-11-23(35-3)24(17-21)36-4/h9-12,17,19-20H,5-8,13-16,18H2,1-4H3. The van der Waals surface area contributed by atoms with Crippen LogP contribution in [-0.4, -0.2) is 84.8 Å². The largest absolute Gasteiger partial charge is 0.493 e. The highest BCUT2D eigenvalue weighted by atomic mass is 16.5. The fraction of sp³-hybridized carbons (Fsp3) is 0.556. The minimum Gasteiger partial charge on any atom is -0.493 e. The van der Waals surface area contributed by atoms with E-state index in [2.05, 4.69) is 15.1 Å². The average Bonchev–Trinajstić information content (AvgIpc) is 3.12. The summed E-state index contributed by atoms with van der Waals surface area (Å²) in [6.07, 6.45) is 3.83. The second kappa shape index (κ2) is 11.6. The Hall–Kier alpha value is -3.36. The summed E-state index contributed by atoms with van der Waals surface area (Å²) in [7, 11) is 3.22. The van der Waals surface area contributed by atoms with Gasteiger partial charge >= 0.3 is 0 Å². The summed E-state index contributed by atoms with van der Waals surface area (Å²) in [5.74, 6) is 2.35. The molecule has 0 atom stereocenters. The lowest BCUT2D eigenvalue weighted by Crippen LogP contribution is -2.49. The van der Waals surface area contributed by atoms with Gasteiger partial charge in [-0.2, -0.15) is 0 Å². The van der Waals surface area contributed by atoms with Gasteiger partial charge in [-0.25, -0.2) is 0 Å². The Kier molecular flexibility index (Phi) is 8.28. The highest BCUT2D eigenvalue weighted by Crippen LogP contribution is 2.32. The lowest BCUT2D eigenvalue weighted by Gasteiger charge is -2.35. The predicted molar refractivity (Wildman–Crippen MR) is 138 cm³/mol. The summed E-state index contributed by atoms with van der Waals surface area (Å²) < 4.78 is 10.7. The molecule has 1 aromatic carbocycles. The Morgan fingerprint density at radius 3 is 2.36 bits per heavy atom. The third-order valence-corrected chi connectivity index (χ3v) is 7.17. The van der Waals surface area contributed by atoms with Crippen molar-refractivity contribution >= 4 is 17.6 Å². The van der Waals surface area contributed by atoms with Crippen LogP contribution in [0.1, 0.15) is 39.5 Å². The van der Waals surface area contributed by atoms with Gasteiger partial charge in [-0.15, -0.1) is 10.2 Å². The number of benzene rings is 1. The lowest BCUT2D eigenvalue weighted by molar-refractivity contribution is -0.146. The summed E-state index contributed by atoms with van der Waals surface area (Å²) in [5, 5.41) is 8.90. The molecule has 1 saturated carbocycles. The number of rotatable bonds is 8. The fourth-order valence-electron chi connectivity index (χ4n) is 4.69. The number of hydrogen-bond acceptors (Lipinski definition) is 7. The SMILES string of the molecule is COc1ccc(-c2ccc(N3CCCN(C(=O)CN(C(=O)C4CCC4)C(C)C)CC3)nn2)cc1OC. The second-order valence-electron chi connectivity index (χ2n) is 9.76. The normalized spacial score (nSPS) is 16.4. The summed E-state index contributed by atoms with van der Waals surface area (Å²) in [6.45, 7) is 6.87. The number of methoxy groups -OCH3 is 2. The van der Waals surface area contributed by atoms with E-state index in [0.717, 1.165) is 49.3 Å². The van der Waals surface area contributed by atoms with Crippen LogP contribution < -0.4 is 14.4 Å². The Bertz CT molecular complexity index is 1050. The van der Waals surface area contributed by atoms with E-state index in [9.17, 15) is 9.59 Å². The monoisotopic (exact) mass is 495 g/mol. The Morgan fingerprint density at radius 2 is 1.75 bits per heavy atom. The average molecular weight is 496 g/mol. The molecular formula is C27H37N5O4. The van der Waals surface area contributed by atoms with Crippen LogP contribution in [0.3, 0.4) is 0 Å². The van der Waals surface area contributed by atoms with E-state index in [-0.39, 0.29) is 30.3 Å². The molecular weight excluding hydrogens is 458 g/mol. The number of carbonyl (C=O) groups excluding carboxylic acids is 2. The predicted octanol–water partition coefficient (Wildman–Crippen LogP) is 3.24. The van der Waals surface area contributed by atoms with E-state index in [1.54, 1.807) is 19.1 Å². The number of carbonyl (C=O) groups is 2. The van der Waals surface area contributed by atoms with Gasteiger partial charge in [0.25, 0.3) is 0 Å². The van der Waals surface area contributed by atoms with E-state index in [1.807, 2.05) is 49.1 Å². The second-order valence-corrected chi connectivity index (χ2v) is 9.76. The molecule has 2 fully saturated rings. The van der Waals surface area contributed by atoms with Crippen molar-refractivity contribution in [3.8, 4) is 22.8 Å². The number of hydrogen-bond donors (Lipinski definition) is 0. The molecule has 2 heterocycles. The Balaban J connectivity index is 1.37. The van der Waals surface area contributed by atoms with Gasteiger partial charge in [0.05, 0.1) is 26.5 Å². The first kappa shape index (κ1) is 25.7. The van der Waals surface area contributed by atoms with Gasteiger partial charge in [-0.3, -0.25) is 9.59 Å². The van der Waals surface area contributed by atoms with E-state index < -0.39 is 0 Å². The first-order valence-corrected chi connectivity index (χ1v) is 12.8. The quantitative estimate of drug-likeness (QED) is 0.556. The van der Waals surface area contributed by atoms with E-state index >= 15 is 0 Å². The van der Waals surface area contributed by atoms with Crippen LogP contribution in [-0.2, 0) is 9.59 Å². The van der Waals surface area contributed by atoms with Gasteiger partial charge in [0.15, 0.2) is 17.3 Å². The number of nitrogens with zero attached hydrogens (tertiary/aromatic N) is 5. The molecule has 0 radical (unpaired) electrons. The molecule has 1 aromatic heterocycles. The highest BCUT2D eigenvalue weighted by molar-refractivity contribution is 5.86. The van der Waals surface area contributed by atoms with Crippen molar-refractivity contribution in [2.24, 2.45) is 5.92 Å². The maximum atomic E-state index is 13.1. The van der Waals surface area contributed by atoms with E-state index in [0.29, 0.717) is 31.1 Å². The zero-order chi connectivity index (χ0) is 25.7. The molecule has 4 rings (SSSR count). The Labute approximate surface area is 213 Å². The van der Waals surface area contributed by atoms with Crippen molar-refractivity contribution in [1.82, 2.24) is 20.0 Å². The van der Waals surface area contributed by atoms with Crippen LogP contribution in [0.4, 0.5) is 5.82 Å². The molecule has 0 N–H and O–H groups in total. The molecule has 1 saturated heterocycles. The number of amides is 2. The third kappa shape index (κ3) is 5.71. The minimum absolute atomic E-state index is 0.0185. The van der Waals surface area contributed by atoms with E-state index in [4.69, 9.17) is 9.47 Å². The molecule has 194 valence electrons. The maximum Gasteiger partial charge on any atom is 0.242 e. The molecule has 36 heavy (non-hydrogen) atoms. The fourth-order valence-corrected chi connectivity index (χ4v) is 4.69. The van der Waals surface area contributed by atoms with Crippen LogP contribution in [0.5, 0.6) is 11.5 Å². The molecule has 2 aromatic rings. The van der Waals surface area contributed by atoms with Crippen molar-refractivity contribution in [3.05, 3.63) is 30.3 Å². The summed E-state index contributed by atoms with van der Waals surface area (Å²) in [5.41, 5.74) is 1.64. The highest BCUT2D eigenvalue weighted by Gasteiger charge is 2.32. The van der Waals surface area contributed by atoms with Crippen LogP contribution in [0.25, 0.3) is 11.3 Å². The first-order valence-electron chi connectivity index (χ1n) is 12.8. The topological polar surface area (TPSA) is 88.1 Å². The summed E-state index contributed by atoms with van der Waals surface area (Å²) in [6, 6.07) is 9.60. The molecule has 1 aliphatic carbocycles. The molecule has 2 amide bonds. The molecule has 0 unspecified atom stereocenters. The smallest absolute Gasteiger partial charge is 0.242 e. The Morgan fingerprint density at radius 1 is 0.972 bits per heavy atom. The van der Waals surface area contributed by atoms with Crippen molar-refractivity contribution in [1.29, 1.82) is 0 Å². The molecule has 0 spiro atoms. The maximum absolute atomic E-state index is 13.1. The molecule has 0 bridgehead atoms. The number of aromatic nitrogens is 2. The van der Waals surface area contributed by atoms with Crippen molar-refractivity contribution in [3.63, 3.8) is 0 Å². The third-order valence-electron chi connectivity index (χ3n) is 7.17. The zero-order valence-corrected chi connectivity index (χ0v) is 21.8. The van der Waals surface area contributed by atoms with Gasteiger partial charge < -0.3 is 24.2 Å². The number of anilines is 1. The van der Waals surface area contributed by atoms with Crippen molar-refractivity contribution in [2.45, 2.75) is 45.6 Å².